The Morgan fingerprint density at radius 2 is 1.13 bits per heavy atom. The number of fused-ring (bicyclic) bond motifs is 10. The summed E-state index contributed by atoms with van der Waals surface area (Å²) in [5.74, 6) is 1.90. The molecule has 0 saturated heterocycles. The van der Waals surface area contributed by atoms with Gasteiger partial charge in [0.25, 0.3) is 0 Å². The van der Waals surface area contributed by atoms with Crippen molar-refractivity contribution in [1.29, 1.82) is 0 Å². The highest BCUT2D eigenvalue weighted by atomic mass is 32.1. The molecule has 4 nitrogen and oxygen atoms in total. The number of para-hydroxylation sites is 1. The molecular weight excluding hydrogens is 583 g/mol. The molecule has 10 aromatic rings. The van der Waals surface area contributed by atoms with Gasteiger partial charge in [-0.2, -0.15) is 0 Å². The molecule has 0 atom stereocenters. The Hall–Kier alpha value is -5.91. The largest absolute Gasteiger partial charge is 0.456 e. The molecule has 214 valence electrons. The Morgan fingerprint density at radius 3 is 2.04 bits per heavy atom. The molecule has 5 heteroatoms. The minimum absolute atomic E-state index is 0.610. The fraction of sp³-hybridized carbons (Fsp3) is 0. The molecule has 0 unspecified atom stereocenters. The Balaban J connectivity index is 1.24. The molecule has 0 aliphatic heterocycles. The summed E-state index contributed by atoms with van der Waals surface area (Å²) in [6.07, 6.45) is 0. The number of rotatable bonds is 3. The molecule has 0 radical (unpaired) electrons. The average molecular weight is 606 g/mol. The SMILES string of the molecule is c1ccc(-c2nc(-c3ccc4c(c3)oc3ccccc34)nc(-c3cccc4sc5c(ccc6ccc7ccccc7c65)c34)n2)cc1. The second-order valence-electron chi connectivity index (χ2n) is 11.6. The van der Waals surface area contributed by atoms with Gasteiger partial charge in [-0.05, 0) is 40.4 Å². The van der Waals surface area contributed by atoms with Crippen molar-refractivity contribution >= 4 is 75.0 Å². The summed E-state index contributed by atoms with van der Waals surface area (Å²) in [4.78, 5) is 15.3. The first-order chi connectivity index (χ1) is 22.8. The fourth-order valence-electron chi connectivity index (χ4n) is 6.76. The van der Waals surface area contributed by atoms with E-state index in [0.717, 1.165) is 38.6 Å². The number of benzene rings is 7. The molecule has 0 aliphatic rings. The van der Waals surface area contributed by atoms with Gasteiger partial charge < -0.3 is 4.42 Å². The Morgan fingerprint density at radius 1 is 0.435 bits per heavy atom. The van der Waals surface area contributed by atoms with Gasteiger partial charge in [0.2, 0.25) is 0 Å². The lowest BCUT2D eigenvalue weighted by atomic mass is 9.98. The molecule has 0 fully saturated rings. The first-order valence-electron chi connectivity index (χ1n) is 15.3. The van der Waals surface area contributed by atoms with Gasteiger partial charge in [-0.25, -0.2) is 15.0 Å². The van der Waals surface area contributed by atoms with Crippen molar-refractivity contribution in [2.45, 2.75) is 0 Å². The number of hydrogen-bond donors (Lipinski definition) is 0. The third-order valence-corrected chi connectivity index (χ3v) is 10.1. The summed E-state index contributed by atoms with van der Waals surface area (Å²) in [6, 6.07) is 48.5. The van der Waals surface area contributed by atoms with Crippen molar-refractivity contribution in [2.24, 2.45) is 0 Å². The van der Waals surface area contributed by atoms with Gasteiger partial charge in [-0.1, -0.05) is 115 Å². The number of nitrogens with zero attached hydrogens (tertiary/aromatic N) is 3. The van der Waals surface area contributed by atoms with Crippen molar-refractivity contribution in [3.63, 3.8) is 0 Å². The second kappa shape index (κ2) is 9.80. The van der Waals surface area contributed by atoms with Gasteiger partial charge >= 0.3 is 0 Å². The van der Waals surface area contributed by atoms with E-state index in [0.29, 0.717) is 17.5 Å². The molecule has 46 heavy (non-hydrogen) atoms. The maximum absolute atomic E-state index is 6.24. The van der Waals surface area contributed by atoms with Crippen LogP contribution in [0.5, 0.6) is 0 Å². The van der Waals surface area contributed by atoms with Crippen LogP contribution in [0, 0.1) is 0 Å². The van der Waals surface area contributed by atoms with Crippen LogP contribution in [0.15, 0.2) is 144 Å². The quantitative estimate of drug-likeness (QED) is 0.188. The van der Waals surface area contributed by atoms with E-state index >= 15 is 0 Å². The lowest BCUT2D eigenvalue weighted by Gasteiger charge is -2.10. The summed E-state index contributed by atoms with van der Waals surface area (Å²) >= 11 is 1.84. The maximum atomic E-state index is 6.24. The third kappa shape index (κ3) is 3.82. The summed E-state index contributed by atoms with van der Waals surface area (Å²) < 4.78 is 8.73. The maximum Gasteiger partial charge on any atom is 0.164 e. The highest BCUT2D eigenvalue weighted by molar-refractivity contribution is 7.27. The molecule has 0 N–H and O–H groups in total. The van der Waals surface area contributed by atoms with E-state index in [-0.39, 0.29) is 0 Å². The smallest absolute Gasteiger partial charge is 0.164 e. The molecular formula is C41H23N3OS. The van der Waals surface area contributed by atoms with E-state index < -0.39 is 0 Å². The minimum Gasteiger partial charge on any atom is -0.456 e. The Labute approximate surface area is 267 Å². The van der Waals surface area contributed by atoms with Crippen LogP contribution in [0.2, 0.25) is 0 Å². The molecule has 3 aromatic heterocycles. The standard InChI is InChI=1S/C41H23N3OS/c1-2-10-26(11-3-1)39-42-40(27-20-21-30-29-13-6-7-15-33(29)45-34(30)23-27)44-41(43-39)32-14-8-16-35-37(32)31-22-19-25-18-17-24-9-4-5-12-28(24)36(25)38(31)46-35/h1-23H. The predicted octanol–water partition coefficient (Wildman–Crippen LogP) is 11.4. The molecule has 3 heterocycles. The van der Waals surface area contributed by atoms with E-state index in [2.05, 4.69) is 84.9 Å². The van der Waals surface area contributed by atoms with Crippen molar-refractivity contribution in [1.82, 2.24) is 15.0 Å². The number of hydrogen-bond acceptors (Lipinski definition) is 5. The summed E-state index contributed by atoms with van der Waals surface area (Å²) in [7, 11) is 0. The predicted molar refractivity (Wildman–Crippen MR) is 191 cm³/mol. The molecule has 7 aromatic carbocycles. The molecule has 0 spiro atoms. The van der Waals surface area contributed by atoms with Gasteiger partial charge in [-0.15, -0.1) is 11.3 Å². The van der Waals surface area contributed by atoms with Crippen molar-refractivity contribution in [3.8, 4) is 34.2 Å². The third-order valence-electron chi connectivity index (χ3n) is 8.92. The van der Waals surface area contributed by atoms with Crippen LogP contribution in [-0.2, 0) is 0 Å². The molecule has 10 rings (SSSR count). The van der Waals surface area contributed by atoms with Crippen LogP contribution in [0.3, 0.4) is 0 Å². The monoisotopic (exact) mass is 605 g/mol. The van der Waals surface area contributed by atoms with E-state index in [1.165, 1.54) is 41.7 Å². The highest BCUT2D eigenvalue weighted by Crippen LogP contribution is 2.44. The zero-order chi connectivity index (χ0) is 30.2. The number of aromatic nitrogens is 3. The minimum atomic E-state index is 0.610. The Kier molecular flexibility index (Phi) is 5.41. The zero-order valence-corrected chi connectivity index (χ0v) is 25.3. The van der Waals surface area contributed by atoms with Crippen LogP contribution < -0.4 is 0 Å². The van der Waals surface area contributed by atoms with Gasteiger partial charge in [0, 0.05) is 53.0 Å². The van der Waals surface area contributed by atoms with E-state index in [9.17, 15) is 0 Å². The van der Waals surface area contributed by atoms with E-state index in [1.54, 1.807) is 0 Å². The van der Waals surface area contributed by atoms with E-state index in [4.69, 9.17) is 19.4 Å². The summed E-state index contributed by atoms with van der Waals surface area (Å²) in [5, 5.41) is 9.61. The Bertz CT molecular complexity index is 2820. The lowest BCUT2D eigenvalue weighted by Crippen LogP contribution is -2.00. The first kappa shape index (κ1) is 25.4. The van der Waals surface area contributed by atoms with E-state index in [1.807, 2.05) is 65.9 Å². The van der Waals surface area contributed by atoms with Crippen LogP contribution in [-0.4, -0.2) is 15.0 Å². The van der Waals surface area contributed by atoms with Crippen LogP contribution in [0.25, 0.3) is 97.8 Å². The number of thiophene rings is 1. The topological polar surface area (TPSA) is 51.8 Å². The second-order valence-corrected chi connectivity index (χ2v) is 12.6. The van der Waals surface area contributed by atoms with Gasteiger partial charge in [0.1, 0.15) is 11.2 Å². The lowest BCUT2D eigenvalue weighted by molar-refractivity contribution is 0.669. The van der Waals surface area contributed by atoms with Crippen LogP contribution in [0.4, 0.5) is 0 Å². The molecule has 0 bridgehead atoms. The fourth-order valence-corrected chi connectivity index (χ4v) is 8.06. The average Bonchev–Trinajstić information content (AvgIpc) is 3.70. The molecule has 0 aliphatic carbocycles. The molecule has 0 saturated carbocycles. The number of furan rings is 1. The molecule has 0 amide bonds. The van der Waals surface area contributed by atoms with Crippen molar-refractivity contribution < 1.29 is 4.42 Å². The zero-order valence-electron chi connectivity index (χ0n) is 24.4. The normalized spacial score (nSPS) is 11.9. The van der Waals surface area contributed by atoms with Crippen molar-refractivity contribution in [3.05, 3.63) is 140 Å². The van der Waals surface area contributed by atoms with Crippen LogP contribution in [0.1, 0.15) is 0 Å². The van der Waals surface area contributed by atoms with Crippen molar-refractivity contribution in [2.75, 3.05) is 0 Å². The van der Waals surface area contributed by atoms with Crippen LogP contribution >= 0.6 is 11.3 Å². The summed E-state index contributed by atoms with van der Waals surface area (Å²) in [6.45, 7) is 0. The van der Waals surface area contributed by atoms with Gasteiger partial charge in [0.15, 0.2) is 17.5 Å². The van der Waals surface area contributed by atoms with Gasteiger partial charge in [0.05, 0.1) is 0 Å². The highest BCUT2D eigenvalue weighted by Gasteiger charge is 2.19. The summed E-state index contributed by atoms with van der Waals surface area (Å²) in [5.41, 5.74) is 4.50. The first-order valence-corrected chi connectivity index (χ1v) is 16.1. The van der Waals surface area contributed by atoms with Gasteiger partial charge in [-0.3, -0.25) is 0 Å².